The fraction of sp³-hybridized carbons (Fsp3) is 0.364. The van der Waals surface area contributed by atoms with Crippen LogP contribution in [0.5, 0.6) is 0 Å². The summed E-state index contributed by atoms with van der Waals surface area (Å²) >= 11 is 0. The van der Waals surface area contributed by atoms with Gasteiger partial charge in [-0.1, -0.05) is 0 Å². The Labute approximate surface area is 93.8 Å². The number of carbonyl (C=O) groups excluding carboxylic acids is 2. The highest BCUT2D eigenvalue weighted by molar-refractivity contribution is 6.32. The number of ether oxygens (including phenoxy) is 1. The number of aromatic nitrogens is 1. The van der Waals surface area contributed by atoms with Gasteiger partial charge < -0.3 is 10.1 Å². The summed E-state index contributed by atoms with van der Waals surface area (Å²) in [7, 11) is 0. The molecule has 1 aromatic rings. The number of aryl methyl sites for hydroxylation is 1. The minimum Gasteiger partial charge on any atom is -0.459 e. The van der Waals surface area contributed by atoms with E-state index in [2.05, 4.69) is 15.0 Å². The molecule has 5 nitrogen and oxygen atoms in total. The van der Waals surface area contributed by atoms with Gasteiger partial charge in [-0.25, -0.2) is 4.79 Å². The molecule has 0 fully saturated rings. The highest BCUT2D eigenvalue weighted by Gasteiger charge is 2.13. The van der Waals surface area contributed by atoms with Crippen molar-refractivity contribution in [2.24, 2.45) is 0 Å². The van der Waals surface area contributed by atoms with E-state index in [9.17, 15) is 9.59 Å². The average Bonchev–Trinajstić information content (AvgIpc) is 2.28. The minimum absolute atomic E-state index is 0.193. The van der Waals surface area contributed by atoms with Crippen LogP contribution in [0.25, 0.3) is 0 Å². The standard InChI is InChI=1S/C11H14N2O3/c1-3-16-11(15)10(14)13-7-9-6-12-5-4-8(9)2/h4-6H,3,7H2,1-2H3,(H,13,14). The van der Waals surface area contributed by atoms with E-state index in [0.717, 1.165) is 11.1 Å². The molecule has 0 saturated heterocycles. The van der Waals surface area contributed by atoms with Gasteiger partial charge in [-0.05, 0) is 31.0 Å². The molecule has 1 N–H and O–H groups in total. The van der Waals surface area contributed by atoms with E-state index in [0.29, 0.717) is 0 Å². The number of hydrogen-bond donors (Lipinski definition) is 1. The lowest BCUT2D eigenvalue weighted by Gasteiger charge is -2.06. The summed E-state index contributed by atoms with van der Waals surface area (Å²) in [4.78, 5) is 26.1. The summed E-state index contributed by atoms with van der Waals surface area (Å²) in [5, 5.41) is 2.47. The third-order valence-electron chi connectivity index (χ3n) is 2.05. The van der Waals surface area contributed by atoms with Crippen LogP contribution in [0, 0.1) is 6.92 Å². The van der Waals surface area contributed by atoms with Crippen molar-refractivity contribution in [2.75, 3.05) is 6.61 Å². The Hall–Kier alpha value is -1.91. The van der Waals surface area contributed by atoms with E-state index >= 15 is 0 Å². The Morgan fingerprint density at radius 1 is 1.50 bits per heavy atom. The maximum atomic E-state index is 11.2. The first-order valence-electron chi connectivity index (χ1n) is 4.99. The van der Waals surface area contributed by atoms with E-state index in [1.54, 1.807) is 19.3 Å². The maximum absolute atomic E-state index is 11.2. The second-order valence-electron chi connectivity index (χ2n) is 3.21. The molecule has 0 unspecified atom stereocenters. The monoisotopic (exact) mass is 222 g/mol. The van der Waals surface area contributed by atoms with Crippen molar-refractivity contribution in [3.05, 3.63) is 29.6 Å². The van der Waals surface area contributed by atoms with Crippen LogP contribution in [-0.4, -0.2) is 23.5 Å². The zero-order chi connectivity index (χ0) is 12.0. The van der Waals surface area contributed by atoms with E-state index < -0.39 is 11.9 Å². The molecule has 1 aromatic heterocycles. The van der Waals surface area contributed by atoms with Crippen LogP contribution in [0.3, 0.4) is 0 Å². The normalized spacial score (nSPS) is 9.62. The van der Waals surface area contributed by atoms with Crippen LogP contribution >= 0.6 is 0 Å². The highest BCUT2D eigenvalue weighted by atomic mass is 16.5. The summed E-state index contributed by atoms with van der Waals surface area (Å²) in [6.45, 7) is 4.03. The summed E-state index contributed by atoms with van der Waals surface area (Å²) in [6.07, 6.45) is 3.33. The highest BCUT2D eigenvalue weighted by Crippen LogP contribution is 2.03. The third-order valence-corrected chi connectivity index (χ3v) is 2.05. The smallest absolute Gasteiger partial charge is 0.396 e. The molecule has 86 valence electrons. The Balaban J connectivity index is 2.49. The number of nitrogens with one attached hydrogen (secondary N) is 1. The molecule has 0 aliphatic heterocycles. The van der Waals surface area contributed by atoms with Crippen molar-refractivity contribution in [3.63, 3.8) is 0 Å². The van der Waals surface area contributed by atoms with Crippen molar-refractivity contribution in [2.45, 2.75) is 20.4 Å². The topological polar surface area (TPSA) is 68.3 Å². The molecule has 1 rings (SSSR count). The van der Waals surface area contributed by atoms with Crippen LogP contribution < -0.4 is 5.32 Å². The number of carbonyl (C=O) groups is 2. The third kappa shape index (κ3) is 3.34. The average molecular weight is 222 g/mol. The van der Waals surface area contributed by atoms with Crippen LogP contribution in [0.1, 0.15) is 18.1 Å². The lowest BCUT2D eigenvalue weighted by Crippen LogP contribution is -2.32. The van der Waals surface area contributed by atoms with Gasteiger partial charge in [0, 0.05) is 18.9 Å². The molecule has 0 spiro atoms. The zero-order valence-electron chi connectivity index (χ0n) is 9.32. The summed E-state index contributed by atoms with van der Waals surface area (Å²) in [5.74, 6) is -1.59. The van der Waals surface area contributed by atoms with Gasteiger partial charge in [0.1, 0.15) is 0 Å². The van der Waals surface area contributed by atoms with Crippen LogP contribution in [0.2, 0.25) is 0 Å². The SMILES string of the molecule is CCOC(=O)C(=O)NCc1cnccc1C. The van der Waals surface area contributed by atoms with E-state index in [1.165, 1.54) is 0 Å². The predicted octanol–water partition coefficient (Wildman–Crippen LogP) is 0.569. The molecular weight excluding hydrogens is 208 g/mol. The van der Waals surface area contributed by atoms with E-state index in [4.69, 9.17) is 0 Å². The van der Waals surface area contributed by atoms with Crippen LogP contribution in [0.15, 0.2) is 18.5 Å². The summed E-state index contributed by atoms with van der Waals surface area (Å²) in [5.41, 5.74) is 1.89. The zero-order valence-corrected chi connectivity index (χ0v) is 9.32. The first-order valence-corrected chi connectivity index (χ1v) is 4.99. The number of nitrogens with zero attached hydrogens (tertiary/aromatic N) is 1. The Bertz CT molecular complexity index is 391. The fourth-order valence-corrected chi connectivity index (χ4v) is 1.13. The van der Waals surface area contributed by atoms with Gasteiger partial charge in [-0.2, -0.15) is 0 Å². The molecule has 0 atom stereocenters. The lowest BCUT2D eigenvalue weighted by molar-refractivity contribution is -0.154. The van der Waals surface area contributed by atoms with Crippen molar-refractivity contribution < 1.29 is 14.3 Å². The molecule has 16 heavy (non-hydrogen) atoms. The Morgan fingerprint density at radius 3 is 2.88 bits per heavy atom. The van der Waals surface area contributed by atoms with Crippen molar-refractivity contribution >= 4 is 11.9 Å². The van der Waals surface area contributed by atoms with Gasteiger partial charge >= 0.3 is 11.9 Å². The van der Waals surface area contributed by atoms with Gasteiger partial charge in [0.15, 0.2) is 0 Å². The molecule has 1 heterocycles. The molecule has 0 aliphatic rings. The maximum Gasteiger partial charge on any atom is 0.396 e. The van der Waals surface area contributed by atoms with Gasteiger partial charge in [-0.15, -0.1) is 0 Å². The molecule has 0 bridgehead atoms. The Morgan fingerprint density at radius 2 is 2.25 bits per heavy atom. The minimum atomic E-state index is -0.857. The molecule has 1 amide bonds. The quantitative estimate of drug-likeness (QED) is 0.599. The summed E-state index contributed by atoms with van der Waals surface area (Å²) < 4.78 is 4.56. The molecule has 0 aromatic carbocycles. The second kappa shape index (κ2) is 5.85. The van der Waals surface area contributed by atoms with Gasteiger partial charge in [0.25, 0.3) is 0 Å². The van der Waals surface area contributed by atoms with Crippen LogP contribution in [-0.2, 0) is 20.9 Å². The largest absolute Gasteiger partial charge is 0.459 e. The Kier molecular flexibility index (Phi) is 4.44. The van der Waals surface area contributed by atoms with Gasteiger partial charge in [-0.3, -0.25) is 9.78 Å². The number of esters is 1. The van der Waals surface area contributed by atoms with Gasteiger partial charge in [0.2, 0.25) is 0 Å². The van der Waals surface area contributed by atoms with Crippen molar-refractivity contribution in [1.82, 2.24) is 10.3 Å². The predicted molar refractivity (Wildman–Crippen MR) is 57.5 cm³/mol. The number of hydrogen-bond acceptors (Lipinski definition) is 4. The molecular formula is C11H14N2O3. The molecule has 0 saturated carbocycles. The molecule has 0 radical (unpaired) electrons. The van der Waals surface area contributed by atoms with Crippen molar-refractivity contribution in [1.29, 1.82) is 0 Å². The first kappa shape index (κ1) is 12.2. The molecule has 5 heteroatoms. The number of pyridine rings is 1. The lowest BCUT2D eigenvalue weighted by atomic mass is 10.1. The number of amides is 1. The second-order valence-corrected chi connectivity index (χ2v) is 3.21. The van der Waals surface area contributed by atoms with Gasteiger partial charge in [0.05, 0.1) is 6.61 Å². The number of rotatable bonds is 3. The van der Waals surface area contributed by atoms with Crippen LogP contribution in [0.4, 0.5) is 0 Å². The first-order chi connectivity index (χ1) is 7.65. The molecule has 0 aliphatic carbocycles. The van der Waals surface area contributed by atoms with Crippen molar-refractivity contribution in [3.8, 4) is 0 Å². The fourth-order valence-electron chi connectivity index (χ4n) is 1.13. The van der Waals surface area contributed by atoms with E-state index in [1.807, 2.05) is 13.0 Å². The summed E-state index contributed by atoms with van der Waals surface area (Å²) in [6, 6.07) is 1.84. The van der Waals surface area contributed by atoms with E-state index in [-0.39, 0.29) is 13.2 Å².